The standard InChI is InChI=1S/C27H40N6O6/c1-15(2)9-20(28)24(35)31-21(10-16(3)4)25(36)32-22(12-18-13-29-14-30-18)26(37)33-23(27(38)39)11-17-5-7-19(34)8-6-17/h5-8,13-16,20-23,34H,9-12,28H2,1-4H3,(H,29,30)(H,31,35)(H,32,36)(H,33,37)(H,38,39). The molecule has 1 aromatic heterocycles. The van der Waals surface area contributed by atoms with Crippen LogP contribution in [0.1, 0.15) is 51.8 Å². The zero-order valence-electron chi connectivity index (χ0n) is 22.8. The summed E-state index contributed by atoms with van der Waals surface area (Å²) < 4.78 is 0. The number of aromatic hydroxyl groups is 1. The van der Waals surface area contributed by atoms with E-state index < -0.39 is 47.9 Å². The van der Waals surface area contributed by atoms with Gasteiger partial charge in [-0.1, -0.05) is 39.8 Å². The lowest BCUT2D eigenvalue weighted by Gasteiger charge is -2.26. The summed E-state index contributed by atoms with van der Waals surface area (Å²) in [6, 6.07) is 1.79. The summed E-state index contributed by atoms with van der Waals surface area (Å²) in [5.41, 5.74) is 7.14. The van der Waals surface area contributed by atoms with E-state index >= 15 is 0 Å². The van der Waals surface area contributed by atoms with Crippen LogP contribution in [0.2, 0.25) is 0 Å². The van der Waals surface area contributed by atoms with Crippen molar-refractivity contribution in [3.8, 4) is 5.75 Å². The van der Waals surface area contributed by atoms with Crippen molar-refractivity contribution >= 4 is 23.7 Å². The molecule has 39 heavy (non-hydrogen) atoms. The number of carboxylic acid groups (broad SMARTS) is 1. The topological polar surface area (TPSA) is 200 Å². The summed E-state index contributed by atoms with van der Waals surface area (Å²) in [5, 5.41) is 27.1. The highest BCUT2D eigenvalue weighted by atomic mass is 16.4. The van der Waals surface area contributed by atoms with Gasteiger partial charge in [0, 0.05) is 24.7 Å². The Balaban J connectivity index is 2.21. The summed E-state index contributed by atoms with van der Waals surface area (Å²) in [4.78, 5) is 58.0. The van der Waals surface area contributed by atoms with Crippen molar-refractivity contribution < 1.29 is 29.4 Å². The average Bonchev–Trinajstić information content (AvgIpc) is 3.36. The number of aliphatic carboxylic acids is 1. The fraction of sp³-hybridized carbons (Fsp3) is 0.519. The van der Waals surface area contributed by atoms with Crippen LogP contribution in [0.25, 0.3) is 0 Å². The Morgan fingerprint density at radius 1 is 0.846 bits per heavy atom. The first-order valence-corrected chi connectivity index (χ1v) is 13.0. The average molecular weight is 545 g/mol. The van der Waals surface area contributed by atoms with E-state index in [2.05, 4.69) is 25.9 Å². The van der Waals surface area contributed by atoms with Crippen LogP contribution in [0.15, 0.2) is 36.8 Å². The van der Waals surface area contributed by atoms with Gasteiger partial charge in [-0.2, -0.15) is 0 Å². The smallest absolute Gasteiger partial charge is 0.326 e. The first kappa shape index (κ1) is 31.3. The van der Waals surface area contributed by atoms with E-state index in [1.54, 1.807) is 12.1 Å². The number of carbonyl (C=O) groups is 4. The van der Waals surface area contributed by atoms with Crippen LogP contribution in [0.3, 0.4) is 0 Å². The van der Waals surface area contributed by atoms with E-state index in [-0.39, 0.29) is 30.4 Å². The molecule has 0 aliphatic carbocycles. The van der Waals surface area contributed by atoms with Crippen molar-refractivity contribution in [1.82, 2.24) is 25.9 Å². The van der Waals surface area contributed by atoms with Crippen molar-refractivity contribution in [3.63, 3.8) is 0 Å². The van der Waals surface area contributed by atoms with Crippen LogP contribution in [0.5, 0.6) is 5.75 Å². The Hall–Kier alpha value is -3.93. The Bertz CT molecular complexity index is 1090. The third-order valence-corrected chi connectivity index (χ3v) is 6.00. The molecule has 0 saturated carbocycles. The summed E-state index contributed by atoms with van der Waals surface area (Å²) in [5.74, 6) is -2.75. The third-order valence-electron chi connectivity index (χ3n) is 6.00. The molecule has 12 nitrogen and oxygen atoms in total. The molecule has 12 heteroatoms. The van der Waals surface area contributed by atoms with Crippen LogP contribution in [0.4, 0.5) is 0 Å². The number of nitrogens with zero attached hydrogens (tertiary/aromatic N) is 1. The number of rotatable bonds is 15. The summed E-state index contributed by atoms with van der Waals surface area (Å²) >= 11 is 0. The number of hydrogen-bond acceptors (Lipinski definition) is 7. The molecule has 2 aromatic rings. The van der Waals surface area contributed by atoms with Crippen LogP contribution in [0, 0.1) is 11.8 Å². The van der Waals surface area contributed by atoms with E-state index in [1.807, 2.05) is 27.7 Å². The normalized spacial score (nSPS) is 14.3. The van der Waals surface area contributed by atoms with E-state index in [0.29, 0.717) is 24.1 Å². The van der Waals surface area contributed by atoms with E-state index in [0.717, 1.165) is 0 Å². The van der Waals surface area contributed by atoms with Gasteiger partial charge in [0.05, 0.1) is 12.4 Å². The number of phenols is 1. The molecule has 0 bridgehead atoms. The second-order valence-electron chi connectivity index (χ2n) is 10.5. The maximum Gasteiger partial charge on any atom is 0.326 e. The van der Waals surface area contributed by atoms with Gasteiger partial charge >= 0.3 is 5.97 Å². The van der Waals surface area contributed by atoms with Crippen LogP contribution < -0.4 is 21.7 Å². The minimum atomic E-state index is -1.29. The molecule has 8 N–H and O–H groups in total. The van der Waals surface area contributed by atoms with Gasteiger partial charge in [-0.25, -0.2) is 9.78 Å². The first-order chi connectivity index (χ1) is 18.3. The van der Waals surface area contributed by atoms with Crippen molar-refractivity contribution in [3.05, 3.63) is 48.0 Å². The van der Waals surface area contributed by atoms with Gasteiger partial charge in [-0.15, -0.1) is 0 Å². The summed E-state index contributed by atoms with van der Waals surface area (Å²) in [6.07, 6.45) is 3.65. The predicted molar refractivity (Wildman–Crippen MR) is 144 cm³/mol. The molecule has 0 saturated heterocycles. The van der Waals surface area contributed by atoms with Crippen LogP contribution in [-0.4, -0.2) is 68.0 Å². The van der Waals surface area contributed by atoms with Gasteiger partial charge in [0.15, 0.2) is 0 Å². The monoisotopic (exact) mass is 544 g/mol. The zero-order valence-corrected chi connectivity index (χ0v) is 22.8. The van der Waals surface area contributed by atoms with E-state index in [1.165, 1.54) is 24.7 Å². The maximum absolute atomic E-state index is 13.3. The number of aromatic nitrogens is 2. The number of carboxylic acids is 1. The minimum absolute atomic E-state index is 0.0122. The van der Waals surface area contributed by atoms with Crippen molar-refractivity contribution in [2.45, 2.75) is 77.5 Å². The lowest BCUT2D eigenvalue weighted by molar-refractivity contribution is -0.142. The molecule has 0 radical (unpaired) electrons. The molecular weight excluding hydrogens is 504 g/mol. The molecule has 214 valence electrons. The molecule has 2 rings (SSSR count). The van der Waals surface area contributed by atoms with Gasteiger partial charge in [0.1, 0.15) is 23.9 Å². The number of imidazole rings is 1. The molecule has 1 aromatic carbocycles. The third kappa shape index (κ3) is 10.8. The molecule has 0 aliphatic heterocycles. The highest BCUT2D eigenvalue weighted by Crippen LogP contribution is 2.13. The number of phenolic OH excluding ortho intramolecular Hbond substituents is 1. The van der Waals surface area contributed by atoms with Crippen molar-refractivity contribution in [2.24, 2.45) is 17.6 Å². The summed E-state index contributed by atoms with van der Waals surface area (Å²) in [6.45, 7) is 7.68. The maximum atomic E-state index is 13.3. The molecular formula is C27H40N6O6. The number of amides is 3. The van der Waals surface area contributed by atoms with Crippen LogP contribution in [-0.2, 0) is 32.0 Å². The van der Waals surface area contributed by atoms with Crippen molar-refractivity contribution in [1.29, 1.82) is 0 Å². The van der Waals surface area contributed by atoms with Crippen molar-refractivity contribution in [2.75, 3.05) is 0 Å². The fourth-order valence-electron chi connectivity index (χ4n) is 4.03. The lowest BCUT2D eigenvalue weighted by atomic mass is 10.00. The number of aromatic amines is 1. The fourth-order valence-corrected chi connectivity index (χ4v) is 4.03. The second-order valence-corrected chi connectivity index (χ2v) is 10.5. The number of benzene rings is 1. The van der Waals surface area contributed by atoms with E-state index in [4.69, 9.17) is 5.73 Å². The molecule has 0 fully saturated rings. The lowest BCUT2D eigenvalue weighted by Crippen LogP contribution is -2.58. The quantitative estimate of drug-likeness (QED) is 0.171. The molecule has 0 aliphatic rings. The Kier molecular flexibility index (Phi) is 11.9. The van der Waals surface area contributed by atoms with Gasteiger partial charge in [0.25, 0.3) is 0 Å². The van der Waals surface area contributed by atoms with Crippen LogP contribution >= 0.6 is 0 Å². The number of hydrogen-bond donors (Lipinski definition) is 7. The minimum Gasteiger partial charge on any atom is -0.508 e. The zero-order chi connectivity index (χ0) is 29.1. The van der Waals surface area contributed by atoms with E-state index in [9.17, 15) is 29.4 Å². The SMILES string of the molecule is CC(C)CC(N)C(=O)NC(CC(C)C)C(=O)NC(Cc1cnc[nH]1)C(=O)NC(Cc1ccc(O)cc1)C(=O)O. The molecule has 3 amide bonds. The van der Waals surface area contributed by atoms with Gasteiger partial charge < -0.3 is 36.9 Å². The molecule has 4 unspecified atom stereocenters. The Morgan fingerprint density at radius 3 is 1.95 bits per heavy atom. The van der Waals surface area contributed by atoms with Gasteiger partial charge in [-0.3, -0.25) is 14.4 Å². The largest absolute Gasteiger partial charge is 0.508 e. The summed E-state index contributed by atoms with van der Waals surface area (Å²) in [7, 11) is 0. The number of nitrogens with one attached hydrogen (secondary N) is 4. The molecule has 4 atom stereocenters. The second kappa shape index (κ2) is 14.9. The van der Waals surface area contributed by atoms with Gasteiger partial charge in [-0.05, 0) is 42.4 Å². The number of nitrogens with two attached hydrogens (primary N) is 1. The highest BCUT2D eigenvalue weighted by molar-refractivity contribution is 5.94. The Labute approximate surface area is 228 Å². The molecule has 0 spiro atoms. The number of carbonyl (C=O) groups excluding carboxylic acids is 3. The number of H-pyrrole nitrogens is 1. The first-order valence-electron chi connectivity index (χ1n) is 13.0. The Morgan fingerprint density at radius 2 is 1.41 bits per heavy atom. The predicted octanol–water partition coefficient (Wildman–Crippen LogP) is 0.859. The molecule has 1 heterocycles. The highest BCUT2D eigenvalue weighted by Gasteiger charge is 2.31. The van der Waals surface area contributed by atoms with Gasteiger partial charge in [0.2, 0.25) is 17.7 Å².